The van der Waals surface area contributed by atoms with Crippen LogP contribution in [0.15, 0.2) is 36.5 Å². The van der Waals surface area contributed by atoms with Gasteiger partial charge in [-0.15, -0.1) is 11.3 Å². The zero-order valence-corrected chi connectivity index (χ0v) is 19.3. The topological polar surface area (TPSA) is 112 Å². The second kappa shape index (κ2) is 8.97. The van der Waals surface area contributed by atoms with Crippen LogP contribution in [0.1, 0.15) is 75.2 Å². The minimum Gasteiger partial charge on any atom is -0.473 e. The molecule has 2 amide bonds. The zero-order chi connectivity index (χ0) is 22.9. The Balaban J connectivity index is 1.17. The third kappa shape index (κ3) is 4.64. The van der Waals surface area contributed by atoms with Crippen molar-refractivity contribution in [1.29, 1.82) is 0 Å². The summed E-state index contributed by atoms with van der Waals surface area (Å²) < 4.78 is 7.87. The summed E-state index contributed by atoms with van der Waals surface area (Å²) >= 11 is 1.36. The lowest BCUT2D eigenvalue weighted by Crippen LogP contribution is -2.40. The Kier molecular flexibility index (Phi) is 5.88. The highest BCUT2D eigenvalue weighted by molar-refractivity contribution is 7.14. The monoisotopic (exact) mass is 465 g/mol. The number of hydrogen-bond donors (Lipinski definition) is 2. The third-order valence-corrected chi connectivity index (χ3v) is 7.52. The van der Waals surface area contributed by atoms with E-state index < -0.39 is 5.91 Å². The van der Waals surface area contributed by atoms with Crippen LogP contribution in [0.25, 0.3) is 5.69 Å². The standard InChI is InChI=1S/C24H27N5O3S/c1-14-19(13-26-29(14)17-5-3-2-4-6-17)22(31)27-16-9-11-18(12-10-16)32-23-20(21(25)30)33-24(28-23)15-7-8-15/h2-6,13,15-16,18H,7-12H2,1H3,(H2,25,30)(H,27,31)/t16-,18-. The van der Waals surface area contributed by atoms with Crippen molar-refractivity contribution in [3.05, 3.63) is 57.7 Å². The third-order valence-electron chi connectivity index (χ3n) is 6.31. The van der Waals surface area contributed by atoms with Gasteiger partial charge in [0.1, 0.15) is 11.1 Å². The number of primary amides is 1. The lowest BCUT2D eigenvalue weighted by molar-refractivity contribution is 0.0882. The molecule has 5 rings (SSSR count). The number of aromatic nitrogens is 3. The summed E-state index contributed by atoms with van der Waals surface area (Å²) in [6.45, 7) is 1.90. The first-order valence-corrected chi connectivity index (χ1v) is 12.2. The first-order chi connectivity index (χ1) is 16.0. The van der Waals surface area contributed by atoms with Crippen molar-refractivity contribution in [1.82, 2.24) is 20.1 Å². The van der Waals surface area contributed by atoms with Crippen molar-refractivity contribution in [2.75, 3.05) is 0 Å². The largest absolute Gasteiger partial charge is 0.473 e. The van der Waals surface area contributed by atoms with Crippen LogP contribution in [-0.2, 0) is 0 Å². The lowest BCUT2D eigenvalue weighted by Gasteiger charge is -2.29. The first kappa shape index (κ1) is 21.6. The van der Waals surface area contributed by atoms with Crippen LogP contribution in [0.3, 0.4) is 0 Å². The predicted octanol–water partition coefficient (Wildman–Crippen LogP) is 3.73. The number of amides is 2. The van der Waals surface area contributed by atoms with E-state index in [1.165, 1.54) is 11.3 Å². The van der Waals surface area contributed by atoms with E-state index in [0.717, 1.165) is 54.9 Å². The smallest absolute Gasteiger partial charge is 0.264 e. The van der Waals surface area contributed by atoms with Crippen molar-refractivity contribution in [2.45, 2.75) is 63.5 Å². The highest BCUT2D eigenvalue weighted by atomic mass is 32.1. The van der Waals surface area contributed by atoms with Gasteiger partial charge >= 0.3 is 0 Å². The maximum absolute atomic E-state index is 12.9. The Bertz CT molecular complexity index is 1160. The summed E-state index contributed by atoms with van der Waals surface area (Å²) in [5.41, 5.74) is 7.85. The molecule has 33 heavy (non-hydrogen) atoms. The number of carbonyl (C=O) groups is 2. The molecule has 2 aromatic heterocycles. The highest BCUT2D eigenvalue weighted by Gasteiger charge is 2.32. The molecule has 2 aliphatic rings. The summed E-state index contributed by atoms with van der Waals surface area (Å²) in [5, 5.41) is 8.49. The van der Waals surface area contributed by atoms with Crippen molar-refractivity contribution in [3.8, 4) is 11.6 Å². The summed E-state index contributed by atoms with van der Waals surface area (Å²) in [4.78, 5) is 29.7. The summed E-state index contributed by atoms with van der Waals surface area (Å²) in [6, 6.07) is 9.84. The number of benzene rings is 1. The van der Waals surface area contributed by atoms with Crippen LogP contribution < -0.4 is 15.8 Å². The van der Waals surface area contributed by atoms with Crippen molar-refractivity contribution in [2.24, 2.45) is 5.73 Å². The fourth-order valence-electron chi connectivity index (χ4n) is 4.27. The van der Waals surface area contributed by atoms with Gasteiger partial charge in [0.25, 0.3) is 11.8 Å². The summed E-state index contributed by atoms with van der Waals surface area (Å²) in [5.74, 6) is 0.238. The molecule has 1 aromatic carbocycles. The van der Waals surface area contributed by atoms with E-state index in [0.29, 0.717) is 22.2 Å². The van der Waals surface area contributed by atoms with E-state index in [9.17, 15) is 9.59 Å². The van der Waals surface area contributed by atoms with Gasteiger partial charge in [0.05, 0.1) is 23.1 Å². The normalized spacial score (nSPS) is 20.4. The molecule has 3 aromatic rings. The summed E-state index contributed by atoms with van der Waals surface area (Å²) in [7, 11) is 0. The Morgan fingerprint density at radius 1 is 1.12 bits per heavy atom. The van der Waals surface area contributed by atoms with Crippen LogP contribution in [0.2, 0.25) is 0 Å². The molecule has 0 bridgehead atoms. The van der Waals surface area contributed by atoms with Crippen molar-refractivity contribution < 1.29 is 14.3 Å². The fraction of sp³-hybridized carbons (Fsp3) is 0.417. The highest BCUT2D eigenvalue weighted by Crippen LogP contribution is 2.44. The van der Waals surface area contributed by atoms with E-state index in [-0.39, 0.29) is 18.1 Å². The van der Waals surface area contributed by atoms with Crippen molar-refractivity contribution >= 4 is 23.2 Å². The van der Waals surface area contributed by atoms with Gasteiger partial charge < -0.3 is 15.8 Å². The first-order valence-electron chi connectivity index (χ1n) is 11.4. The number of rotatable bonds is 7. The molecular formula is C24H27N5O3S. The van der Waals surface area contributed by atoms with Gasteiger partial charge in [-0.1, -0.05) is 18.2 Å². The SMILES string of the molecule is Cc1c(C(=O)N[C@H]2CC[C@H](Oc3nc(C4CC4)sc3C(N)=O)CC2)cnn1-c1ccccc1. The molecule has 2 aliphatic carbocycles. The molecule has 0 spiro atoms. The molecular weight excluding hydrogens is 438 g/mol. The molecule has 9 heteroatoms. The maximum atomic E-state index is 12.9. The lowest BCUT2D eigenvalue weighted by atomic mass is 9.92. The zero-order valence-electron chi connectivity index (χ0n) is 18.5. The van der Waals surface area contributed by atoms with Gasteiger partial charge in [-0.2, -0.15) is 5.10 Å². The van der Waals surface area contributed by atoms with Gasteiger partial charge in [0, 0.05) is 12.0 Å². The van der Waals surface area contributed by atoms with Gasteiger partial charge in [-0.05, 0) is 57.6 Å². The number of carbonyl (C=O) groups excluding carboxylic acids is 2. The van der Waals surface area contributed by atoms with Crippen LogP contribution in [0, 0.1) is 6.92 Å². The number of hydrogen-bond acceptors (Lipinski definition) is 6. The number of thiazole rings is 1. The number of nitrogens with zero attached hydrogens (tertiary/aromatic N) is 3. The molecule has 3 N–H and O–H groups in total. The molecule has 0 saturated heterocycles. The molecule has 2 saturated carbocycles. The number of nitrogens with two attached hydrogens (primary N) is 1. The molecule has 172 valence electrons. The van der Waals surface area contributed by atoms with Crippen LogP contribution in [0.5, 0.6) is 5.88 Å². The number of nitrogens with one attached hydrogen (secondary N) is 1. The van der Waals surface area contributed by atoms with Gasteiger partial charge in [-0.3, -0.25) is 9.59 Å². The van der Waals surface area contributed by atoms with Gasteiger partial charge in [-0.25, -0.2) is 9.67 Å². The number of para-hydroxylation sites is 1. The molecule has 0 aliphatic heterocycles. The Morgan fingerprint density at radius 3 is 2.52 bits per heavy atom. The minimum absolute atomic E-state index is 0.0343. The average Bonchev–Trinajstić information content (AvgIpc) is 3.46. The Hall–Kier alpha value is -3.20. The van der Waals surface area contributed by atoms with Crippen LogP contribution in [0.4, 0.5) is 0 Å². The molecule has 8 nitrogen and oxygen atoms in total. The van der Waals surface area contributed by atoms with Crippen LogP contribution in [-0.4, -0.2) is 38.7 Å². The number of ether oxygens (including phenoxy) is 1. The van der Waals surface area contributed by atoms with E-state index in [2.05, 4.69) is 15.4 Å². The minimum atomic E-state index is -0.484. The molecule has 2 fully saturated rings. The Morgan fingerprint density at radius 2 is 1.85 bits per heavy atom. The quantitative estimate of drug-likeness (QED) is 0.552. The van der Waals surface area contributed by atoms with E-state index in [1.807, 2.05) is 37.3 Å². The molecule has 0 atom stereocenters. The van der Waals surface area contributed by atoms with Gasteiger partial charge in [0.2, 0.25) is 5.88 Å². The van der Waals surface area contributed by atoms with Gasteiger partial charge in [0.15, 0.2) is 4.88 Å². The fourth-order valence-corrected chi connectivity index (χ4v) is 5.29. The molecule has 0 radical (unpaired) electrons. The van der Waals surface area contributed by atoms with E-state index in [1.54, 1.807) is 10.9 Å². The summed E-state index contributed by atoms with van der Waals surface area (Å²) in [6.07, 6.45) is 6.97. The molecule has 0 unspecified atom stereocenters. The Labute approximate surface area is 196 Å². The van der Waals surface area contributed by atoms with Crippen molar-refractivity contribution in [3.63, 3.8) is 0 Å². The van der Waals surface area contributed by atoms with Crippen LogP contribution >= 0.6 is 11.3 Å². The predicted molar refractivity (Wildman–Crippen MR) is 125 cm³/mol. The van der Waals surface area contributed by atoms with E-state index in [4.69, 9.17) is 10.5 Å². The second-order valence-corrected chi connectivity index (χ2v) is 9.81. The average molecular weight is 466 g/mol. The molecule has 2 heterocycles. The maximum Gasteiger partial charge on any atom is 0.264 e. The van der Waals surface area contributed by atoms with E-state index >= 15 is 0 Å². The second-order valence-electron chi connectivity index (χ2n) is 8.78.